The number of thiophene rings is 3. The molecule has 0 aromatic carbocycles. The van der Waals surface area contributed by atoms with Gasteiger partial charge in [-0.3, -0.25) is 0 Å². The van der Waals surface area contributed by atoms with Crippen LogP contribution in [0, 0.1) is 0 Å². The lowest BCUT2D eigenvalue weighted by Gasteiger charge is -2.42. The molecule has 2 nitrogen and oxygen atoms in total. The molecule has 1 unspecified atom stereocenters. The Morgan fingerprint density at radius 2 is 1.22 bits per heavy atom. The second-order valence-corrected chi connectivity index (χ2v) is 16.3. The van der Waals surface area contributed by atoms with Crippen molar-refractivity contribution >= 4 is 34.0 Å². The summed E-state index contributed by atoms with van der Waals surface area (Å²) in [5, 5.41) is 10.9. The quantitative estimate of drug-likeness (QED) is 0.267. The van der Waals surface area contributed by atoms with E-state index in [0.717, 1.165) is 17.0 Å². The molecule has 0 bridgehead atoms. The monoisotopic (exact) mass is 560 g/mol. The zero-order valence-corrected chi connectivity index (χ0v) is 27.7. The van der Waals surface area contributed by atoms with Crippen LogP contribution < -0.4 is 4.74 Å². The molecule has 3 aromatic rings. The zero-order chi connectivity index (χ0) is 28.1. The molecule has 0 fully saturated rings. The predicted octanol–water partition coefficient (Wildman–Crippen LogP) is 10.7. The predicted molar refractivity (Wildman–Crippen MR) is 166 cm³/mol. The second-order valence-electron chi connectivity index (χ2n) is 13.0. The largest absolute Gasteiger partial charge is 0.507 e. The van der Waals surface area contributed by atoms with Crippen LogP contribution in [0.2, 0.25) is 0 Å². The Morgan fingerprint density at radius 3 is 1.65 bits per heavy atom. The van der Waals surface area contributed by atoms with Crippen molar-refractivity contribution in [2.45, 2.75) is 123 Å². The van der Waals surface area contributed by atoms with Crippen LogP contribution in [0.3, 0.4) is 0 Å². The average molecular weight is 561 g/mol. The molecule has 3 aromatic heterocycles. The van der Waals surface area contributed by atoms with E-state index in [1.807, 2.05) is 28.7 Å². The molecule has 206 valence electrons. The van der Waals surface area contributed by atoms with E-state index < -0.39 is 0 Å². The zero-order valence-electron chi connectivity index (χ0n) is 25.3. The van der Waals surface area contributed by atoms with E-state index in [1.165, 1.54) is 24.4 Å². The van der Waals surface area contributed by atoms with Gasteiger partial charge in [-0.25, -0.2) is 0 Å². The summed E-state index contributed by atoms with van der Waals surface area (Å²) in [6, 6.07) is 8.89. The van der Waals surface area contributed by atoms with Gasteiger partial charge in [-0.05, 0) is 42.5 Å². The van der Waals surface area contributed by atoms with Crippen molar-refractivity contribution in [1.82, 2.24) is 0 Å². The van der Waals surface area contributed by atoms with Crippen LogP contribution in [0.25, 0.3) is 0 Å². The second kappa shape index (κ2) is 10.4. The molecule has 0 amide bonds. The highest BCUT2D eigenvalue weighted by Gasteiger charge is 2.47. The summed E-state index contributed by atoms with van der Waals surface area (Å²) in [6.07, 6.45) is 1.13. The third kappa shape index (κ3) is 5.05. The summed E-state index contributed by atoms with van der Waals surface area (Å²) in [4.78, 5) is 7.80. The Labute approximate surface area is 238 Å². The molecule has 0 spiro atoms. The van der Waals surface area contributed by atoms with Gasteiger partial charge in [-0.2, -0.15) is 0 Å². The minimum atomic E-state index is -0.223. The topological polar surface area (TPSA) is 29.5 Å². The lowest BCUT2D eigenvalue weighted by molar-refractivity contribution is 0.300. The van der Waals surface area contributed by atoms with Gasteiger partial charge in [0.1, 0.15) is 11.5 Å². The van der Waals surface area contributed by atoms with E-state index in [9.17, 15) is 5.11 Å². The van der Waals surface area contributed by atoms with E-state index in [-0.39, 0.29) is 21.7 Å². The molecule has 37 heavy (non-hydrogen) atoms. The Morgan fingerprint density at radius 1 is 0.730 bits per heavy atom. The number of hydrogen-bond donors (Lipinski definition) is 1. The first-order valence-corrected chi connectivity index (χ1v) is 16.0. The summed E-state index contributed by atoms with van der Waals surface area (Å²) in [7, 11) is 1.80. The fraction of sp³-hybridized carbons (Fsp3) is 0.625. The molecule has 0 saturated heterocycles. The molecule has 0 radical (unpaired) electrons. The van der Waals surface area contributed by atoms with Crippen LogP contribution in [0.5, 0.6) is 11.5 Å². The van der Waals surface area contributed by atoms with Crippen molar-refractivity contribution in [1.29, 1.82) is 0 Å². The highest BCUT2D eigenvalue weighted by atomic mass is 32.1. The minimum absolute atomic E-state index is 0.100. The molecule has 1 atom stereocenters. The highest BCUT2D eigenvalue weighted by molar-refractivity contribution is 7.13. The first-order chi connectivity index (χ1) is 16.9. The van der Waals surface area contributed by atoms with Gasteiger partial charge in [-0.1, -0.05) is 83.1 Å². The normalized spacial score (nSPS) is 14.4. The molecular weight excluding hydrogens is 513 g/mol. The summed E-state index contributed by atoms with van der Waals surface area (Å²) in [5.41, 5.74) is -0.596. The summed E-state index contributed by atoms with van der Waals surface area (Å²) >= 11 is 5.61. The Bertz CT molecular complexity index is 1220. The Balaban J connectivity index is 2.03. The van der Waals surface area contributed by atoms with Gasteiger partial charge in [0.25, 0.3) is 0 Å². The first kappa shape index (κ1) is 30.2. The fourth-order valence-corrected chi connectivity index (χ4v) is 9.12. The van der Waals surface area contributed by atoms with Gasteiger partial charge < -0.3 is 9.84 Å². The van der Waals surface area contributed by atoms with E-state index in [2.05, 4.69) is 101 Å². The lowest BCUT2D eigenvalue weighted by atomic mass is 9.65. The third-order valence-corrected chi connectivity index (χ3v) is 14.6. The maximum atomic E-state index is 10.9. The molecule has 5 heteroatoms. The van der Waals surface area contributed by atoms with E-state index in [1.54, 1.807) is 18.4 Å². The first-order valence-electron chi connectivity index (χ1n) is 13.6. The van der Waals surface area contributed by atoms with E-state index in [4.69, 9.17) is 4.74 Å². The third-order valence-electron chi connectivity index (χ3n) is 9.43. The summed E-state index contributed by atoms with van der Waals surface area (Å²) in [6.45, 7) is 27.7. The van der Waals surface area contributed by atoms with Crippen molar-refractivity contribution < 1.29 is 9.84 Å². The van der Waals surface area contributed by atoms with Gasteiger partial charge in [0.05, 0.1) is 16.9 Å². The molecule has 0 saturated carbocycles. The molecule has 0 aliphatic rings. The highest BCUT2D eigenvalue weighted by Crippen LogP contribution is 2.55. The van der Waals surface area contributed by atoms with Gasteiger partial charge >= 0.3 is 0 Å². The minimum Gasteiger partial charge on any atom is -0.507 e. The molecule has 3 heterocycles. The fourth-order valence-electron chi connectivity index (χ4n) is 4.75. The molecule has 3 rings (SSSR count). The van der Waals surface area contributed by atoms with Crippen molar-refractivity contribution in [2.24, 2.45) is 0 Å². The standard InChI is InChI=1S/C32H48O2S3/c1-14-20(4)24-18-22(34-13)28(36-24)32(11,12)30(7,8)26-16-15-25(37-26)29(5,6)31(9,10)27-21(33)17-23(35-27)19(2)3/h15-20,33H,14H2,1-13H3. The van der Waals surface area contributed by atoms with Crippen LogP contribution in [0.1, 0.15) is 131 Å². The van der Waals surface area contributed by atoms with Gasteiger partial charge in [0.15, 0.2) is 0 Å². The molecular formula is C32H48O2S3. The van der Waals surface area contributed by atoms with E-state index in [0.29, 0.717) is 17.6 Å². The molecule has 0 aliphatic carbocycles. The molecule has 1 N–H and O–H groups in total. The van der Waals surface area contributed by atoms with Crippen LogP contribution >= 0.6 is 34.0 Å². The van der Waals surface area contributed by atoms with Crippen molar-refractivity contribution in [2.75, 3.05) is 7.11 Å². The van der Waals surface area contributed by atoms with Crippen LogP contribution in [0.4, 0.5) is 0 Å². The van der Waals surface area contributed by atoms with Gasteiger partial charge in [0, 0.05) is 41.2 Å². The lowest BCUT2D eigenvalue weighted by Crippen LogP contribution is -2.40. The maximum absolute atomic E-state index is 10.9. The molecule has 0 aliphatic heterocycles. The van der Waals surface area contributed by atoms with Gasteiger partial charge in [0.2, 0.25) is 0 Å². The number of methoxy groups -OCH3 is 1. The number of rotatable bonds is 10. The SMILES string of the molecule is CCC(C)c1cc(OC)c(C(C)(C)C(C)(C)c2ccc(C(C)(C)C(C)(C)c3sc(C(C)C)cc3O)s2)s1. The van der Waals surface area contributed by atoms with Crippen molar-refractivity contribution in [3.63, 3.8) is 0 Å². The maximum Gasteiger partial charge on any atom is 0.133 e. The van der Waals surface area contributed by atoms with Crippen LogP contribution in [0.15, 0.2) is 24.3 Å². The summed E-state index contributed by atoms with van der Waals surface area (Å²) in [5.74, 6) is 2.40. The van der Waals surface area contributed by atoms with Crippen LogP contribution in [-0.2, 0) is 21.7 Å². The summed E-state index contributed by atoms with van der Waals surface area (Å²) < 4.78 is 5.91. The van der Waals surface area contributed by atoms with Crippen LogP contribution in [-0.4, -0.2) is 12.2 Å². The van der Waals surface area contributed by atoms with Gasteiger partial charge in [-0.15, -0.1) is 34.0 Å². The Kier molecular flexibility index (Phi) is 8.46. The number of hydrogen-bond acceptors (Lipinski definition) is 5. The van der Waals surface area contributed by atoms with Crippen molar-refractivity contribution in [3.8, 4) is 11.5 Å². The van der Waals surface area contributed by atoms with Crippen molar-refractivity contribution in [3.05, 3.63) is 53.5 Å². The Hall–Kier alpha value is -1.30. The number of aromatic hydroxyl groups is 1. The number of ether oxygens (including phenoxy) is 1. The smallest absolute Gasteiger partial charge is 0.133 e. The van der Waals surface area contributed by atoms with E-state index >= 15 is 0 Å². The average Bonchev–Trinajstić information content (AvgIpc) is 3.56.